The van der Waals surface area contributed by atoms with E-state index >= 15 is 0 Å². The molecule has 0 saturated carbocycles. The monoisotopic (exact) mass is 453 g/mol. The lowest BCUT2D eigenvalue weighted by Crippen LogP contribution is -2.48. The first-order chi connectivity index (χ1) is 15.4. The van der Waals surface area contributed by atoms with Crippen molar-refractivity contribution in [1.82, 2.24) is 4.31 Å². The molecule has 3 aromatic carbocycles. The summed E-state index contributed by atoms with van der Waals surface area (Å²) in [5.74, 6) is 0.957. The number of carboxylic acids is 1. The van der Waals surface area contributed by atoms with Crippen molar-refractivity contribution < 1.29 is 32.5 Å². The van der Waals surface area contributed by atoms with Crippen LogP contribution in [0.2, 0.25) is 0 Å². The van der Waals surface area contributed by atoms with Gasteiger partial charge in [-0.05, 0) is 59.7 Å². The first kappa shape index (κ1) is 20.3. The highest BCUT2D eigenvalue weighted by Crippen LogP contribution is 2.39. The van der Waals surface area contributed by atoms with E-state index in [1.54, 1.807) is 36.4 Å². The van der Waals surface area contributed by atoms with Crippen LogP contribution < -0.4 is 14.2 Å². The molecule has 9 heteroatoms. The number of carboxylic acid groups (broad SMARTS) is 1. The summed E-state index contributed by atoms with van der Waals surface area (Å²) in [4.78, 5) is 12.0. The second kappa shape index (κ2) is 7.85. The molecule has 3 aromatic rings. The normalized spacial score (nSPS) is 17.6. The largest absolute Gasteiger partial charge is 0.480 e. The molecule has 0 fully saturated rings. The lowest BCUT2D eigenvalue weighted by molar-refractivity contribution is -0.141. The van der Waals surface area contributed by atoms with E-state index in [9.17, 15) is 18.3 Å². The van der Waals surface area contributed by atoms with E-state index in [4.69, 9.17) is 14.2 Å². The van der Waals surface area contributed by atoms with Gasteiger partial charge in [0.05, 0.1) is 4.90 Å². The predicted molar refractivity (Wildman–Crippen MR) is 113 cm³/mol. The van der Waals surface area contributed by atoms with Gasteiger partial charge in [0.15, 0.2) is 11.5 Å². The Morgan fingerprint density at radius 2 is 1.56 bits per heavy atom. The first-order valence-electron chi connectivity index (χ1n) is 9.91. The Morgan fingerprint density at radius 1 is 0.938 bits per heavy atom. The molecule has 2 aliphatic heterocycles. The quantitative estimate of drug-likeness (QED) is 0.632. The molecule has 2 aliphatic rings. The molecule has 2 heterocycles. The van der Waals surface area contributed by atoms with Crippen LogP contribution in [-0.2, 0) is 27.8 Å². The Hall–Kier alpha value is -3.56. The third-order valence-electron chi connectivity index (χ3n) is 5.48. The van der Waals surface area contributed by atoms with Gasteiger partial charge in [-0.3, -0.25) is 4.79 Å². The van der Waals surface area contributed by atoms with Crippen molar-refractivity contribution in [3.8, 4) is 23.0 Å². The molecule has 0 aliphatic carbocycles. The van der Waals surface area contributed by atoms with Gasteiger partial charge in [0.25, 0.3) is 0 Å². The fourth-order valence-corrected chi connectivity index (χ4v) is 5.41. The molecule has 5 rings (SSSR count). The molecule has 0 amide bonds. The summed E-state index contributed by atoms with van der Waals surface area (Å²) in [5, 5.41) is 9.76. The number of benzene rings is 3. The Labute approximate surface area is 184 Å². The summed E-state index contributed by atoms with van der Waals surface area (Å²) in [7, 11) is -4.08. The number of sulfonamides is 1. The molecule has 0 spiro atoms. The fraction of sp³-hybridized carbons (Fsp3) is 0.174. The molecule has 164 valence electrons. The van der Waals surface area contributed by atoms with Crippen LogP contribution in [0.4, 0.5) is 0 Å². The molecule has 0 aromatic heterocycles. The fourth-order valence-electron chi connectivity index (χ4n) is 3.85. The van der Waals surface area contributed by atoms with Crippen LogP contribution in [0, 0.1) is 0 Å². The Bertz CT molecular complexity index is 1270. The smallest absolute Gasteiger partial charge is 0.322 e. The van der Waals surface area contributed by atoms with Crippen molar-refractivity contribution in [3.05, 3.63) is 77.9 Å². The summed E-state index contributed by atoms with van der Waals surface area (Å²) >= 11 is 0. The zero-order valence-electron chi connectivity index (χ0n) is 16.8. The van der Waals surface area contributed by atoms with Crippen molar-refractivity contribution in [2.45, 2.75) is 23.9 Å². The summed E-state index contributed by atoms with van der Waals surface area (Å²) in [5.41, 5.74) is 1.43. The molecule has 1 unspecified atom stereocenters. The molecule has 0 radical (unpaired) electrons. The van der Waals surface area contributed by atoms with Crippen LogP contribution in [-0.4, -0.2) is 36.6 Å². The van der Waals surface area contributed by atoms with E-state index in [1.807, 2.05) is 18.2 Å². The summed E-state index contributed by atoms with van der Waals surface area (Å²) in [6.07, 6.45) is 0.0374. The van der Waals surface area contributed by atoms with Gasteiger partial charge in [0, 0.05) is 13.0 Å². The van der Waals surface area contributed by atoms with Gasteiger partial charge in [-0.15, -0.1) is 0 Å². The highest BCUT2D eigenvalue weighted by atomic mass is 32.2. The lowest BCUT2D eigenvalue weighted by Gasteiger charge is -2.33. The zero-order valence-corrected chi connectivity index (χ0v) is 17.6. The van der Waals surface area contributed by atoms with Crippen molar-refractivity contribution in [2.24, 2.45) is 0 Å². The van der Waals surface area contributed by atoms with Gasteiger partial charge in [-0.25, -0.2) is 8.42 Å². The molecule has 1 N–H and O–H groups in total. The lowest BCUT2D eigenvalue weighted by atomic mass is 9.95. The molecule has 0 saturated heterocycles. The van der Waals surface area contributed by atoms with Gasteiger partial charge < -0.3 is 19.3 Å². The number of hydrogen-bond donors (Lipinski definition) is 1. The standard InChI is InChI=1S/C23H19NO7S/c25-23(26)20-10-15-11-21-22(30-14-29-21)12-16(15)13-24(20)32(27,28)19-8-6-18(7-9-19)31-17-4-2-1-3-5-17/h1-9,11-12,20H,10,13-14H2,(H,25,26). The van der Waals surface area contributed by atoms with Gasteiger partial charge in [0.2, 0.25) is 16.8 Å². The topological polar surface area (TPSA) is 102 Å². The molecule has 8 nitrogen and oxygen atoms in total. The van der Waals surface area contributed by atoms with Crippen molar-refractivity contribution >= 4 is 16.0 Å². The average molecular weight is 453 g/mol. The van der Waals surface area contributed by atoms with Gasteiger partial charge in [-0.2, -0.15) is 4.31 Å². The van der Waals surface area contributed by atoms with Gasteiger partial charge in [-0.1, -0.05) is 18.2 Å². The predicted octanol–water partition coefficient (Wildman–Crippen LogP) is 3.41. The number of hydrogen-bond acceptors (Lipinski definition) is 6. The molecular weight excluding hydrogens is 434 g/mol. The number of rotatable bonds is 5. The maximum absolute atomic E-state index is 13.4. The highest BCUT2D eigenvalue weighted by molar-refractivity contribution is 7.89. The van der Waals surface area contributed by atoms with Crippen molar-refractivity contribution in [3.63, 3.8) is 0 Å². The van der Waals surface area contributed by atoms with E-state index < -0.39 is 22.0 Å². The minimum Gasteiger partial charge on any atom is -0.480 e. The second-order valence-electron chi connectivity index (χ2n) is 7.47. The summed E-state index contributed by atoms with van der Waals surface area (Å²) in [6, 6.07) is 17.3. The summed E-state index contributed by atoms with van der Waals surface area (Å²) in [6.45, 7) is 0.00748. The number of fused-ring (bicyclic) bond motifs is 2. The minimum absolute atomic E-state index is 0.00615. The van der Waals surface area contributed by atoms with Crippen LogP contribution in [0.25, 0.3) is 0 Å². The molecule has 32 heavy (non-hydrogen) atoms. The van der Waals surface area contributed by atoms with Crippen LogP contribution in [0.1, 0.15) is 11.1 Å². The molecule has 1 atom stereocenters. The van der Waals surface area contributed by atoms with Crippen LogP contribution in [0.5, 0.6) is 23.0 Å². The third-order valence-corrected chi connectivity index (χ3v) is 7.35. The molecule has 0 bridgehead atoms. The van der Waals surface area contributed by atoms with Crippen LogP contribution in [0.3, 0.4) is 0 Å². The average Bonchev–Trinajstić information content (AvgIpc) is 3.25. The molecular formula is C23H19NO7S. The number of para-hydroxylation sites is 1. The second-order valence-corrected chi connectivity index (χ2v) is 9.36. The minimum atomic E-state index is -4.08. The maximum Gasteiger partial charge on any atom is 0.322 e. The zero-order chi connectivity index (χ0) is 22.3. The van der Waals surface area contributed by atoms with E-state index in [1.165, 1.54) is 12.1 Å². The number of ether oxygens (including phenoxy) is 3. The van der Waals surface area contributed by atoms with E-state index in [0.29, 0.717) is 28.6 Å². The third kappa shape index (κ3) is 3.65. The first-order valence-corrected chi connectivity index (χ1v) is 11.3. The summed E-state index contributed by atoms with van der Waals surface area (Å²) < 4.78 is 44.2. The van der Waals surface area contributed by atoms with Crippen LogP contribution in [0.15, 0.2) is 71.6 Å². The van der Waals surface area contributed by atoms with E-state index in [0.717, 1.165) is 9.87 Å². The Morgan fingerprint density at radius 3 is 2.22 bits per heavy atom. The Kier molecular flexibility index (Phi) is 4.99. The Balaban J connectivity index is 1.44. The van der Waals surface area contributed by atoms with E-state index in [2.05, 4.69) is 0 Å². The maximum atomic E-state index is 13.4. The SMILES string of the molecule is O=C(O)C1Cc2cc3c(cc2CN1S(=O)(=O)c1ccc(Oc2ccccc2)cc1)OCO3. The van der Waals surface area contributed by atoms with Crippen molar-refractivity contribution in [2.75, 3.05) is 6.79 Å². The van der Waals surface area contributed by atoms with Crippen molar-refractivity contribution in [1.29, 1.82) is 0 Å². The van der Waals surface area contributed by atoms with Gasteiger partial charge in [0.1, 0.15) is 17.5 Å². The van der Waals surface area contributed by atoms with Gasteiger partial charge >= 0.3 is 5.97 Å². The number of carbonyl (C=O) groups is 1. The number of nitrogens with zero attached hydrogens (tertiary/aromatic N) is 1. The number of aliphatic carboxylic acids is 1. The van der Waals surface area contributed by atoms with Crippen LogP contribution >= 0.6 is 0 Å². The highest BCUT2D eigenvalue weighted by Gasteiger charge is 2.40. The van der Waals surface area contributed by atoms with E-state index in [-0.39, 0.29) is 24.7 Å².